The summed E-state index contributed by atoms with van der Waals surface area (Å²) in [4.78, 5) is 13.0. The molecule has 5 nitrogen and oxygen atoms in total. The van der Waals surface area contributed by atoms with Crippen molar-refractivity contribution in [2.45, 2.75) is 0 Å². The van der Waals surface area contributed by atoms with Gasteiger partial charge in [0.15, 0.2) is 5.65 Å². The number of fused-ring (bicyclic) bond motifs is 1. The molecule has 0 saturated heterocycles. The molecule has 0 fully saturated rings. The van der Waals surface area contributed by atoms with Crippen molar-refractivity contribution in [1.29, 1.82) is 0 Å². The Labute approximate surface area is 129 Å². The first kappa shape index (κ1) is 13.0. The summed E-state index contributed by atoms with van der Waals surface area (Å²) < 4.78 is 1.15. The zero-order valence-electron chi connectivity index (χ0n) is 10.8. The Hall–Kier alpha value is -1.96. The normalized spacial score (nSPS) is 10.7. The Morgan fingerprint density at radius 1 is 1.05 bits per heavy atom. The number of halogens is 1. The Balaban J connectivity index is 2.23. The van der Waals surface area contributed by atoms with Gasteiger partial charge in [-0.15, -0.1) is 0 Å². The molecule has 20 heavy (non-hydrogen) atoms. The molecule has 3 rings (SSSR count). The van der Waals surface area contributed by atoms with Gasteiger partial charge in [-0.1, -0.05) is 18.2 Å². The van der Waals surface area contributed by atoms with Gasteiger partial charge < -0.3 is 11.1 Å². The van der Waals surface area contributed by atoms with Gasteiger partial charge in [0.05, 0.1) is 11.1 Å². The van der Waals surface area contributed by atoms with Crippen molar-refractivity contribution in [3.8, 4) is 11.3 Å². The fourth-order valence-corrected chi connectivity index (χ4v) is 2.70. The summed E-state index contributed by atoms with van der Waals surface area (Å²) in [6.45, 7) is 0. The van der Waals surface area contributed by atoms with E-state index in [0.717, 1.165) is 20.2 Å². The average Bonchev–Trinajstić information content (AvgIpc) is 2.46. The second-order valence-electron chi connectivity index (χ2n) is 4.23. The van der Waals surface area contributed by atoms with Gasteiger partial charge >= 0.3 is 0 Å². The number of aromatic nitrogens is 3. The topological polar surface area (TPSA) is 76.7 Å². The van der Waals surface area contributed by atoms with Crippen LogP contribution in [-0.2, 0) is 0 Å². The van der Waals surface area contributed by atoms with Crippen molar-refractivity contribution in [1.82, 2.24) is 15.0 Å². The highest BCUT2D eigenvalue weighted by molar-refractivity contribution is 14.1. The van der Waals surface area contributed by atoms with Gasteiger partial charge in [-0.05, 0) is 40.8 Å². The molecular weight excluding hydrogens is 365 g/mol. The third kappa shape index (κ3) is 2.26. The quantitative estimate of drug-likeness (QED) is 0.672. The number of hydrogen-bond acceptors (Lipinski definition) is 5. The Kier molecular flexibility index (Phi) is 3.39. The molecular formula is C14H12IN5. The lowest BCUT2D eigenvalue weighted by Gasteiger charge is -2.08. The van der Waals surface area contributed by atoms with Gasteiger partial charge in [0, 0.05) is 16.2 Å². The van der Waals surface area contributed by atoms with E-state index in [9.17, 15) is 0 Å². The molecule has 0 aliphatic carbocycles. The number of hydrogen-bond donors (Lipinski definition) is 2. The van der Waals surface area contributed by atoms with Crippen molar-refractivity contribution in [2.24, 2.45) is 0 Å². The molecule has 0 aliphatic heterocycles. The molecule has 0 spiro atoms. The SMILES string of the molecule is CNc1nc(N)nc2nc(-c3ccccc3I)ccc12. The number of rotatable bonds is 2. The number of nitrogens with zero attached hydrogens (tertiary/aromatic N) is 3. The summed E-state index contributed by atoms with van der Waals surface area (Å²) in [5, 5.41) is 3.87. The van der Waals surface area contributed by atoms with E-state index in [-0.39, 0.29) is 5.95 Å². The molecule has 0 unspecified atom stereocenters. The van der Waals surface area contributed by atoms with Crippen LogP contribution in [-0.4, -0.2) is 22.0 Å². The standard InChI is InChI=1S/C14H12IN5/c1-17-12-9-6-7-11(8-4-2-3-5-10(8)15)18-13(9)20-14(16)19-12/h2-7H,1H3,(H3,16,17,18,19,20). The van der Waals surface area contributed by atoms with Crippen LogP contribution in [0.2, 0.25) is 0 Å². The van der Waals surface area contributed by atoms with Crippen molar-refractivity contribution < 1.29 is 0 Å². The van der Waals surface area contributed by atoms with Crippen LogP contribution >= 0.6 is 22.6 Å². The smallest absolute Gasteiger partial charge is 0.224 e. The van der Waals surface area contributed by atoms with Crippen molar-refractivity contribution >= 4 is 45.4 Å². The highest BCUT2D eigenvalue weighted by Crippen LogP contribution is 2.27. The van der Waals surface area contributed by atoms with Crippen LogP contribution in [0.25, 0.3) is 22.3 Å². The predicted molar refractivity (Wildman–Crippen MR) is 89.4 cm³/mol. The van der Waals surface area contributed by atoms with Crippen LogP contribution in [0, 0.1) is 3.57 Å². The van der Waals surface area contributed by atoms with E-state index in [1.54, 1.807) is 7.05 Å². The minimum absolute atomic E-state index is 0.217. The first-order valence-corrected chi connectivity index (χ1v) is 7.14. The highest BCUT2D eigenvalue weighted by Gasteiger charge is 2.09. The summed E-state index contributed by atoms with van der Waals surface area (Å²) in [6.07, 6.45) is 0. The fourth-order valence-electron chi connectivity index (χ4n) is 2.04. The summed E-state index contributed by atoms with van der Waals surface area (Å²) >= 11 is 2.30. The summed E-state index contributed by atoms with van der Waals surface area (Å²) in [7, 11) is 1.80. The number of nitrogens with two attached hydrogens (primary N) is 1. The maximum atomic E-state index is 5.72. The molecule has 0 aliphatic rings. The number of nitrogens with one attached hydrogen (secondary N) is 1. The number of anilines is 2. The van der Waals surface area contributed by atoms with Gasteiger partial charge in [-0.25, -0.2) is 4.98 Å². The largest absolute Gasteiger partial charge is 0.372 e. The van der Waals surface area contributed by atoms with E-state index in [1.165, 1.54) is 0 Å². The van der Waals surface area contributed by atoms with Crippen LogP contribution in [0.1, 0.15) is 0 Å². The van der Waals surface area contributed by atoms with Gasteiger partial charge in [-0.2, -0.15) is 9.97 Å². The predicted octanol–water partition coefficient (Wildman–Crippen LogP) is 2.92. The zero-order chi connectivity index (χ0) is 14.1. The molecule has 2 aromatic heterocycles. The van der Waals surface area contributed by atoms with Gasteiger partial charge in [0.1, 0.15) is 5.82 Å². The molecule has 1 aromatic carbocycles. The van der Waals surface area contributed by atoms with E-state index in [1.807, 2.05) is 30.3 Å². The van der Waals surface area contributed by atoms with Gasteiger partial charge in [0.2, 0.25) is 5.95 Å². The van der Waals surface area contributed by atoms with Crippen molar-refractivity contribution in [3.63, 3.8) is 0 Å². The minimum atomic E-state index is 0.217. The van der Waals surface area contributed by atoms with E-state index >= 15 is 0 Å². The maximum Gasteiger partial charge on any atom is 0.224 e. The lowest BCUT2D eigenvalue weighted by atomic mass is 10.1. The molecule has 0 radical (unpaired) electrons. The zero-order valence-corrected chi connectivity index (χ0v) is 12.9. The molecule has 0 saturated carbocycles. The summed E-state index contributed by atoms with van der Waals surface area (Å²) in [6, 6.07) is 12.0. The van der Waals surface area contributed by atoms with E-state index in [2.05, 4.69) is 48.9 Å². The van der Waals surface area contributed by atoms with E-state index in [0.29, 0.717) is 11.5 Å². The lowest BCUT2D eigenvalue weighted by Crippen LogP contribution is -2.02. The van der Waals surface area contributed by atoms with Crippen molar-refractivity contribution in [3.05, 3.63) is 40.0 Å². The summed E-state index contributed by atoms with van der Waals surface area (Å²) in [5.41, 5.74) is 8.27. The van der Waals surface area contributed by atoms with Crippen LogP contribution in [0.3, 0.4) is 0 Å². The van der Waals surface area contributed by atoms with Gasteiger partial charge in [0.25, 0.3) is 0 Å². The molecule has 0 amide bonds. The van der Waals surface area contributed by atoms with E-state index < -0.39 is 0 Å². The molecule has 3 N–H and O–H groups in total. The number of pyridine rings is 1. The third-order valence-corrected chi connectivity index (χ3v) is 3.90. The Bertz CT molecular complexity index is 788. The first-order chi connectivity index (χ1) is 9.69. The number of nitrogen functional groups attached to an aromatic ring is 1. The lowest BCUT2D eigenvalue weighted by molar-refractivity contribution is 1.19. The molecule has 100 valence electrons. The fraction of sp³-hybridized carbons (Fsp3) is 0.0714. The Morgan fingerprint density at radius 3 is 2.60 bits per heavy atom. The van der Waals surface area contributed by atoms with Crippen LogP contribution < -0.4 is 11.1 Å². The molecule has 6 heteroatoms. The van der Waals surface area contributed by atoms with Crippen LogP contribution in [0.4, 0.5) is 11.8 Å². The van der Waals surface area contributed by atoms with Crippen molar-refractivity contribution in [2.75, 3.05) is 18.1 Å². The molecule has 0 atom stereocenters. The third-order valence-electron chi connectivity index (χ3n) is 2.96. The average molecular weight is 377 g/mol. The van der Waals surface area contributed by atoms with Gasteiger partial charge in [-0.3, -0.25) is 0 Å². The highest BCUT2D eigenvalue weighted by atomic mass is 127. The van der Waals surface area contributed by atoms with E-state index in [4.69, 9.17) is 5.73 Å². The summed E-state index contributed by atoms with van der Waals surface area (Å²) in [5.74, 6) is 0.906. The minimum Gasteiger partial charge on any atom is -0.372 e. The number of benzene rings is 1. The maximum absolute atomic E-state index is 5.72. The molecule has 2 heterocycles. The van der Waals surface area contributed by atoms with Crippen LogP contribution in [0.15, 0.2) is 36.4 Å². The second kappa shape index (κ2) is 5.20. The van der Waals surface area contributed by atoms with Crippen LogP contribution in [0.5, 0.6) is 0 Å². The second-order valence-corrected chi connectivity index (χ2v) is 5.39. The Morgan fingerprint density at radius 2 is 1.85 bits per heavy atom. The molecule has 3 aromatic rings. The molecule has 0 bridgehead atoms. The first-order valence-electron chi connectivity index (χ1n) is 6.06. The monoisotopic (exact) mass is 377 g/mol.